The number of carboxylic acid groups (broad SMARTS) is 1. The fourth-order valence-corrected chi connectivity index (χ4v) is 1.96. The predicted molar refractivity (Wildman–Crippen MR) is 74.6 cm³/mol. The number of ether oxygens (including phenoxy) is 2. The molecular weight excluding hydrogens is 260 g/mol. The monoisotopic (exact) mass is 278 g/mol. The second kappa shape index (κ2) is 6.79. The Balaban J connectivity index is 0.000000328. The number of hydrogen-bond acceptors (Lipinski definition) is 5. The van der Waals surface area contributed by atoms with Crippen LogP contribution in [0.2, 0.25) is 0 Å². The average Bonchev–Trinajstić information content (AvgIpc) is 2.91. The second-order valence-electron chi connectivity index (χ2n) is 4.48. The molecule has 0 bridgehead atoms. The molecule has 1 atom stereocenters. The molecule has 2 N–H and O–H groups in total. The maximum Gasteiger partial charge on any atom is 0.300 e. The van der Waals surface area contributed by atoms with E-state index in [0.717, 1.165) is 43.8 Å². The summed E-state index contributed by atoms with van der Waals surface area (Å²) in [6.45, 7) is 3.50. The SMILES string of the molecule is CC(=O)O.c1ccc2c(c1)OCC(CC1=NCCN1)O2. The van der Waals surface area contributed by atoms with Gasteiger partial charge in [0, 0.05) is 19.9 Å². The van der Waals surface area contributed by atoms with E-state index in [1.165, 1.54) is 0 Å². The van der Waals surface area contributed by atoms with Crippen LogP contribution in [0.25, 0.3) is 0 Å². The number of fused-ring (bicyclic) bond motifs is 1. The van der Waals surface area contributed by atoms with E-state index in [-0.39, 0.29) is 6.10 Å². The van der Waals surface area contributed by atoms with Gasteiger partial charge >= 0.3 is 0 Å². The first-order valence-corrected chi connectivity index (χ1v) is 6.50. The van der Waals surface area contributed by atoms with Gasteiger partial charge in [0.2, 0.25) is 0 Å². The summed E-state index contributed by atoms with van der Waals surface area (Å²) < 4.78 is 11.5. The Morgan fingerprint density at radius 2 is 2.15 bits per heavy atom. The lowest BCUT2D eigenvalue weighted by Crippen LogP contribution is -2.34. The maximum atomic E-state index is 9.00. The van der Waals surface area contributed by atoms with E-state index in [1.807, 2.05) is 24.3 Å². The lowest BCUT2D eigenvalue weighted by Gasteiger charge is -2.26. The Morgan fingerprint density at radius 3 is 2.80 bits per heavy atom. The van der Waals surface area contributed by atoms with Crippen LogP contribution in [0.3, 0.4) is 0 Å². The van der Waals surface area contributed by atoms with E-state index in [4.69, 9.17) is 19.4 Å². The van der Waals surface area contributed by atoms with Crippen LogP contribution in [0.15, 0.2) is 29.3 Å². The molecule has 0 radical (unpaired) electrons. The van der Waals surface area contributed by atoms with Crippen molar-refractivity contribution in [3.63, 3.8) is 0 Å². The van der Waals surface area contributed by atoms with Crippen LogP contribution < -0.4 is 14.8 Å². The van der Waals surface area contributed by atoms with E-state index >= 15 is 0 Å². The number of hydrogen-bond donors (Lipinski definition) is 2. The number of amidine groups is 1. The second-order valence-corrected chi connectivity index (χ2v) is 4.48. The molecule has 0 saturated heterocycles. The van der Waals surface area contributed by atoms with Crippen molar-refractivity contribution in [2.75, 3.05) is 19.7 Å². The zero-order valence-electron chi connectivity index (χ0n) is 11.3. The van der Waals surface area contributed by atoms with Crippen molar-refractivity contribution >= 4 is 11.8 Å². The zero-order chi connectivity index (χ0) is 14.4. The van der Waals surface area contributed by atoms with Gasteiger partial charge in [0.1, 0.15) is 18.5 Å². The molecule has 6 heteroatoms. The van der Waals surface area contributed by atoms with Crippen LogP contribution in [0.4, 0.5) is 0 Å². The summed E-state index contributed by atoms with van der Waals surface area (Å²) in [6.07, 6.45) is 0.869. The highest BCUT2D eigenvalue weighted by Crippen LogP contribution is 2.31. The number of rotatable bonds is 2. The fourth-order valence-electron chi connectivity index (χ4n) is 1.96. The first-order chi connectivity index (χ1) is 9.65. The van der Waals surface area contributed by atoms with Crippen LogP contribution in [0.5, 0.6) is 11.5 Å². The Kier molecular flexibility index (Phi) is 4.81. The molecule has 0 aromatic heterocycles. The summed E-state index contributed by atoms with van der Waals surface area (Å²) in [5, 5.41) is 10.7. The summed E-state index contributed by atoms with van der Waals surface area (Å²) in [6, 6.07) is 7.77. The molecule has 1 aromatic carbocycles. The summed E-state index contributed by atoms with van der Waals surface area (Å²) in [4.78, 5) is 13.4. The molecule has 0 saturated carbocycles. The number of para-hydroxylation sites is 2. The molecule has 2 heterocycles. The third-order valence-corrected chi connectivity index (χ3v) is 2.73. The van der Waals surface area contributed by atoms with E-state index in [1.54, 1.807) is 0 Å². The van der Waals surface area contributed by atoms with Gasteiger partial charge < -0.3 is 19.9 Å². The number of nitrogens with one attached hydrogen (secondary N) is 1. The third kappa shape index (κ3) is 4.15. The molecule has 0 aliphatic carbocycles. The highest BCUT2D eigenvalue weighted by atomic mass is 16.6. The molecule has 0 amide bonds. The Hall–Kier alpha value is -2.24. The molecule has 0 spiro atoms. The molecule has 1 unspecified atom stereocenters. The molecule has 1 aromatic rings. The topological polar surface area (TPSA) is 80.2 Å². The molecule has 20 heavy (non-hydrogen) atoms. The van der Waals surface area contributed by atoms with Crippen LogP contribution in [0.1, 0.15) is 13.3 Å². The van der Waals surface area contributed by atoms with Gasteiger partial charge in [-0.2, -0.15) is 0 Å². The van der Waals surface area contributed by atoms with Crippen molar-refractivity contribution in [3.05, 3.63) is 24.3 Å². The highest BCUT2D eigenvalue weighted by molar-refractivity contribution is 5.84. The Morgan fingerprint density at radius 1 is 1.45 bits per heavy atom. The Labute approximate surface area is 117 Å². The van der Waals surface area contributed by atoms with Crippen molar-refractivity contribution in [1.82, 2.24) is 5.32 Å². The smallest absolute Gasteiger partial charge is 0.300 e. The van der Waals surface area contributed by atoms with Gasteiger partial charge in [0.05, 0.1) is 6.54 Å². The molecule has 3 rings (SSSR count). The molecular formula is C14H18N2O4. The Bertz CT molecular complexity index is 498. The van der Waals surface area contributed by atoms with Crippen LogP contribution in [0, 0.1) is 0 Å². The minimum Gasteiger partial charge on any atom is -0.486 e. The number of aliphatic imine (C=N–C) groups is 1. The van der Waals surface area contributed by atoms with E-state index in [2.05, 4.69) is 10.3 Å². The van der Waals surface area contributed by atoms with Gasteiger partial charge in [-0.3, -0.25) is 9.79 Å². The summed E-state index contributed by atoms with van der Waals surface area (Å²) in [5.74, 6) is 1.87. The van der Waals surface area contributed by atoms with Gasteiger partial charge in [-0.1, -0.05) is 12.1 Å². The lowest BCUT2D eigenvalue weighted by molar-refractivity contribution is -0.134. The normalized spacial score (nSPS) is 19.2. The summed E-state index contributed by atoms with van der Waals surface area (Å²) >= 11 is 0. The van der Waals surface area contributed by atoms with Gasteiger partial charge in [-0.05, 0) is 12.1 Å². The van der Waals surface area contributed by atoms with E-state index in [0.29, 0.717) is 6.61 Å². The zero-order valence-corrected chi connectivity index (χ0v) is 11.3. The number of carboxylic acids is 1. The van der Waals surface area contributed by atoms with Gasteiger partial charge in [-0.25, -0.2) is 0 Å². The molecule has 108 valence electrons. The number of aliphatic carboxylic acids is 1. The number of carbonyl (C=O) groups is 1. The first-order valence-electron chi connectivity index (χ1n) is 6.50. The van der Waals surface area contributed by atoms with Crippen molar-refractivity contribution < 1.29 is 19.4 Å². The quantitative estimate of drug-likeness (QED) is 0.852. The number of nitrogens with zero attached hydrogens (tertiary/aromatic N) is 1. The van der Waals surface area contributed by atoms with Crippen molar-refractivity contribution in [2.24, 2.45) is 4.99 Å². The standard InChI is InChI=1S/C12H14N2O2.C2H4O2/c1-2-4-11-10(3-1)15-8-9(16-11)7-12-13-5-6-14-12;1-2(3)4/h1-4,9H,5-8H2,(H,13,14);1H3,(H,3,4). The lowest BCUT2D eigenvalue weighted by atomic mass is 10.2. The van der Waals surface area contributed by atoms with Gasteiger partial charge in [-0.15, -0.1) is 0 Å². The summed E-state index contributed by atoms with van der Waals surface area (Å²) in [7, 11) is 0. The fraction of sp³-hybridized carbons (Fsp3) is 0.429. The molecule has 2 aliphatic heterocycles. The van der Waals surface area contributed by atoms with E-state index < -0.39 is 5.97 Å². The van der Waals surface area contributed by atoms with Crippen LogP contribution in [-0.2, 0) is 4.79 Å². The largest absolute Gasteiger partial charge is 0.486 e. The van der Waals surface area contributed by atoms with Crippen molar-refractivity contribution in [2.45, 2.75) is 19.4 Å². The van der Waals surface area contributed by atoms with Crippen molar-refractivity contribution in [1.29, 1.82) is 0 Å². The van der Waals surface area contributed by atoms with Crippen LogP contribution in [-0.4, -0.2) is 42.7 Å². The van der Waals surface area contributed by atoms with Gasteiger partial charge in [0.25, 0.3) is 5.97 Å². The number of benzene rings is 1. The predicted octanol–water partition coefficient (Wildman–Crippen LogP) is 1.31. The van der Waals surface area contributed by atoms with E-state index in [9.17, 15) is 0 Å². The van der Waals surface area contributed by atoms with Crippen molar-refractivity contribution in [3.8, 4) is 11.5 Å². The molecule has 6 nitrogen and oxygen atoms in total. The van der Waals surface area contributed by atoms with Gasteiger partial charge in [0.15, 0.2) is 11.5 Å². The molecule has 2 aliphatic rings. The minimum absolute atomic E-state index is 0.0687. The summed E-state index contributed by atoms with van der Waals surface area (Å²) in [5.41, 5.74) is 0. The first kappa shape index (κ1) is 14.2. The highest BCUT2D eigenvalue weighted by Gasteiger charge is 2.22. The molecule has 0 fully saturated rings. The van der Waals surface area contributed by atoms with Crippen LogP contribution >= 0.6 is 0 Å². The average molecular weight is 278 g/mol. The third-order valence-electron chi connectivity index (χ3n) is 2.73. The maximum absolute atomic E-state index is 9.00. The minimum atomic E-state index is -0.833.